The van der Waals surface area contributed by atoms with Crippen molar-refractivity contribution in [1.29, 1.82) is 0 Å². The number of methoxy groups -OCH3 is 1. The van der Waals surface area contributed by atoms with Gasteiger partial charge in [-0.15, -0.1) is 0 Å². The number of rotatable bonds is 3. The molecule has 8 heteroatoms. The van der Waals surface area contributed by atoms with Gasteiger partial charge in [-0.25, -0.2) is 12.7 Å². The molecule has 2 heterocycles. The molecule has 124 valence electrons. The van der Waals surface area contributed by atoms with E-state index in [2.05, 4.69) is 0 Å². The summed E-state index contributed by atoms with van der Waals surface area (Å²) in [5.41, 5.74) is -1.12. The summed E-state index contributed by atoms with van der Waals surface area (Å²) in [5.74, 6) is -1.29. The Balaban J connectivity index is 2.05. The second-order valence-corrected chi connectivity index (χ2v) is 7.57. The summed E-state index contributed by atoms with van der Waals surface area (Å²) in [7, 11) is -2.11. The molecule has 1 N–H and O–H groups in total. The highest BCUT2D eigenvalue weighted by molar-refractivity contribution is 7.89. The molecule has 1 aromatic carbocycles. The fourth-order valence-electron chi connectivity index (χ4n) is 2.86. The maximum Gasteiger partial charge on any atom is 0.252 e. The van der Waals surface area contributed by atoms with Crippen molar-refractivity contribution in [3.05, 3.63) is 41.5 Å². The lowest BCUT2D eigenvalue weighted by atomic mass is 9.91. The average molecular weight is 339 g/mol. The molecule has 1 atom stereocenters. The van der Waals surface area contributed by atoms with E-state index in [1.165, 1.54) is 14.0 Å². The van der Waals surface area contributed by atoms with E-state index in [1.54, 1.807) is 24.3 Å². The van der Waals surface area contributed by atoms with Gasteiger partial charge in [0.25, 0.3) is 11.7 Å². The summed E-state index contributed by atoms with van der Waals surface area (Å²) in [6, 6.07) is 6.76. The second-order valence-electron chi connectivity index (χ2n) is 5.56. The summed E-state index contributed by atoms with van der Waals surface area (Å²) < 4.78 is 35.9. The number of carbonyl (C=O) groups is 1. The Labute approximate surface area is 134 Å². The zero-order valence-corrected chi connectivity index (χ0v) is 13.6. The van der Waals surface area contributed by atoms with Gasteiger partial charge in [0.05, 0.1) is 12.9 Å². The molecule has 2 aliphatic rings. The van der Waals surface area contributed by atoms with E-state index in [9.17, 15) is 18.3 Å². The second kappa shape index (κ2) is 5.16. The van der Waals surface area contributed by atoms with Crippen molar-refractivity contribution >= 4 is 15.8 Å². The van der Waals surface area contributed by atoms with E-state index in [-0.39, 0.29) is 18.2 Å². The van der Waals surface area contributed by atoms with Gasteiger partial charge < -0.3 is 14.6 Å². The Hall–Kier alpha value is -2.22. The third-order valence-electron chi connectivity index (χ3n) is 4.10. The van der Waals surface area contributed by atoms with Crippen LogP contribution in [0.2, 0.25) is 0 Å². The van der Waals surface area contributed by atoms with Crippen molar-refractivity contribution in [2.24, 2.45) is 0 Å². The summed E-state index contributed by atoms with van der Waals surface area (Å²) in [6.07, 6.45) is 0.419. The van der Waals surface area contributed by atoms with Crippen LogP contribution in [0.4, 0.5) is 0 Å². The van der Waals surface area contributed by atoms with E-state index in [4.69, 9.17) is 9.47 Å². The Bertz CT molecular complexity index is 800. The lowest BCUT2D eigenvalue weighted by molar-refractivity contribution is -0.132. The molecule has 1 fully saturated rings. The highest BCUT2D eigenvalue weighted by atomic mass is 32.2. The number of benzene rings is 1. The van der Waals surface area contributed by atoms with Crippen molar-refractivity contribution in [1.82, 2.24) is 4.31 Å². The molecular weight excluding hydrogens is 322 g/mol. The van der Waals surface area contributed by atoms with Crippen LogP contribution in [0, 0.1) is 0 Å². The number of para-hydroxylation sites is 1. The zero-order valence-electron chi connectivity index (χ0n) is 12.8. The minimum absolute atomic E-state index is 0.0350. The van der Waals surface area contributed by atoms with Crippen molar-refractivity contribution in [2.45, 2.75) is 18.9 Å². The van der Waals surface area contributed by atoms with Gasteiger partial charge in [0.15, 0.2) is 0 Å². The summed E-state index contributed by atoms with van der Waals surface area (Å²) in [4.78, 5) is 12.6. The molecule has 1 saturated heterocycles. The lowest BCUT2D eigenvalue weighted by Gasteiger charge is -2.27. The molecule has 0 spiro atoms. The van der Waals surface area contributed by atoms with Gasteiger partial charge in [-0.3, -0.25) is 4.79 Å². The normalized spacial score (nSPS) is 26.5. The van der Waals surface area contributed by atoms with Crippen LogP contribution in [-0.4, -0.2) is 43.0 Å². The topological polar surface area (TPSA) is 93.1 Å². The lowest BCUT2D eigenvalue weighted by Crippen LogP contribution is -2.33. The SMILES string of the molecule is COc1ccccc1C1(C)OC(N2CCCS2(=O)=O)=C(O)C1=O. The van der Waals surface area contributed by atoms with Gasteiger partial charge in [-0.05, 0) is 19.4 Å². The Morgan fingerprint density at radius 2 is 2.04 bits per heavy atom. The first-order valence-electron chi connectivity index (χ1n) is 7.12. The van der Waals surface area contributed by atoms with Crippen LogP contribution < -0.4 is 4.74 Å². The third kappa shape index (κ3) is 2.24. The molecular formula is C15H17NO6S. The fraction of sp³-hybridized carbons (Fsp3) is 0.400. The van der Waals surface area contributed by atoms with E-state index in [1.807, 2.05) is 0 Å². The summed E-state index contributed by atoms with van der Waals surface area (Å²) in [6.45, 7) is 1.66. The minimum atomic E-state index is -3.57. The predicted octanol–water partition coefficient (Wildman–Crippen LogP) is 1.27. The number of aliphatic hydroxyl groups excluding tert-OH is 1. The van der Waals surface area contributed by atoms with Crippen LogP contribution in [0.15, 0.2) is 35.9 Å². The van der Waals surface area contributed by atoms with Crippen LogP contribution >= 0.6 is 0 Å². The number of hydrogen-bond donors (Lipinski definition) is 1. The monoisotopic (exact) mass is 339 g/mol. The summed E-state index contributed by atoms with van der Waals surface area (Å²) in [5, 5.41) is 10.2. The van der Waals surface area contributed by atoms with E-state index in [0.29, 0.717) is 17.7 Å². The highest BCUT2D eigenvalue weighted by Crippen LogP contribution is 2.43. The molecule has 0 amide bonds. The average Bonchev–Trinajstić information content (AvgIpc) is 2.99. The molecule has 1 unspecified atom stereocenters. The van der Waals surface area contributed by atoms with Crippen molar-refractivity contribution in [3.63, 3.8) is 0 Å². The quantitative estimate of drug-likeness (QED) is 0.891. The maximum atomic E-state index is 12.6. The van der Waals surface area contributed by atoms with Crippen molar-refractivity contribution in [2.75, 3.05) is 19.4 Å². The number of sulfonamides is 1. The number of nitrogens with zero attached hydrogens (tertiary/aromatic N) is 1. The predicted molar refractivity (Wildman–Crippen MR) is 81.2 cm³/mol. The largest absolute Gasteiger partial charge is 0.501 e. The van der Waals surface area contributed by atoms with E-state index in [0.717, 1.165) is 4.31 Å². The summed E-state index contributed by atoms with van der Waals surface area (Å²) >= 11 is 0. The third-order valence-corrected chi connectivity index (χ3v) is 5.92. The molecule has 0 bridgehead atoms. The molecule has 7 nitrogen and oxygen atoms in total. The number of ketones is 1. The molecule has 2 aliphatic heterocycles. The van der Waals surface area contributed by atoms with Crippen LogP contribution in [0.1, 0.15) is 18.9 Å². The first-order valence-corrected chi connectivity index (χ1v) is 8.73. The molecule has 1 aromatic rings. The van der Waals surface area contributed by atoms with Gasteiger partial charge in [0.1, 0.15) is 5.75 Å². The van der Waals surface area contributed by atoms with Crippen LogP contribution in [0.3, 0.4) is 0 Å². The van der Waals surface area contributed by atoms with Crippen LogP contribution in [0.25, 0.3) is 0 Å². The zero-order chi connectivity index (χ0) is 16.8. The van der Waals surface area contributed by atoms with Gasteiger partial charge >= 0.3 is 0 Å². The number of Topliss-reactive ketones (excluding diaryl/α,β-unsaturated/α-hetero) is 1. The minimum Gasteiger partial charge on any atom is -0.501 e. The number of ether oxygens (including phenoxy) is 2. The molecule has 0 saturated carbocycles. The van der Waals surface area contributed by atoms with Crippen LogP contribution in [0.5, 0.6) is 5.75 Å². The molecule has 0 aliphatic carbocycles. The number of hydrogen-bond acceptors (Lipinski definition) is 6. The Morgan fingerprint density at radius 1 is 1.35 bits per heavy atom. The molecule has 0 aromatic heterocycles. The molecule has 23 heavy (non-hydrogen) atoms. The Kier molecular flexibility index (Phi) is 3.51. The molecule has 0 radical (unpaired) electrons. The van der Waals surface area contributed by atoms with Gasteiger partial charge in [0.2, 0.25) is 21.4 Å². The van der Waals surface area contributed by atoms with E-state index >= 15 is 0 Å². The number of carbonyl (C=O) groups excluding carboxylic acids is 1. The van der Waals surface area contributed by atoms with Gasteiger partial charge in [-0.2, -0.15) is 0 Å². The first-order chi connectivity index (χ1) is 10.8. The maximum absolute atomic E-state index is 12.6. The highest BCUT2D eigenvalue weighted by Gasteiger charge is 2.52. The van der Waals surface area contributed by atoms with Gasteiger partial charge in [0, 0.05) is 12.1 Å². The fourth-order valence-corrected chi connectivity index (χ4v) is 4.36. The Morgan fingerprint density at radius 3 is 2.65 bits per heavy atom. The van der Waals surface area contributed by atoms with Crippen molar-refractivity contribution < 1.29 is 27.8 Å². The van der Waals surface area contributed by atoms with E-state index < -0.39 is 27.2 Å². The smallest absolute Gasteiger partial charge is 0.252 e. The first kappa shape index (κ1) is 15.7. The van der Waals surface area contributed by atoms with Crippen LogP contribution in [-0.2, 0) is 25.2 Å². The number of aliphatic hydroxyl groups is 1. The standard InChI is InChI=1S/C15H17NO6S/c1-15(10-6-3-4-7-11(10)21-2)13(18)12(17)14(22-15)16-8-5-9-23(16,19)20/h3-4,6-7,17H,5,8-9H2,1-2H3. The van der Waals surface area contributed by atoms with Gasteiger partial charge in [-0.1, -0.05) is 18.2 Å². The van der Waals surface area contributed by atoms with Crippen molar-refractivity contribution in [3.8, 4) is 5.75 Å². The molecule has 3 rings (SSSR count).